The summed E-state index contributed by atoms with van der Waals surface area (Å²) in [6.45, 7) is 1.54. The first-order valence-electron chi connectivity index (χ1n) is 8.46. The molecule has 0 aliphatic heterocycles. The molecule has 0 saturated carbocycles. The van der Waals surface area contributed by atoms with E-state index in [1.54, 1.807) is 37.3 Å². The Morgan fingerprint density at radius 2 is 1.97 bits per heavy atom. The largest absolute Gasteiger partial charge is 0.467 e. The van der Waals surface area contributed by atoms with Crippen LogP contribution in [0.15, 0.2) is 36.5 Å². The molecule has 0 bridgehead atoms. The van der Waals surface area contributed by atoms with Crippen molar-refractivity contribution in [2.75, 3.05) is 22.9 Å². The second-order valence-electron chi connectivity index (χ2n) is 5.82. The van der Waals surface area contributed by atoms with Gasteiger partial charge in [0.2, 0.25) is 10.0 Å². The number of benzene rings is 1. The highest BCUT2D eigenvalue weighted by atomic mass is 32.2. The zero-order valence-electron chi connectivity index (χ0n) is 15.6. The summed E-state index contributed by atoms with van der Waals surface area (Å²) >= 11 is 0. The van der Waals surface area contributed by atoms with Gasteiger partial charge in [0.15, 0.2) is 0 Å². The van der Waals surface area contributed by atoms with Gasteiger partial charge in [-0.25, -0.2) is 13.4 Å². The molecule has 0 spiro atoms. The third-order valence-corrected chi connectivity index (χ3v) is 5.20. The second-order valence-corrected chi connectivity index (χ2v) is 7.83. The third kappa shape index (κ3) is 4.60. The predicted octanol–water partition coefficient (Wildman–Crippen LogP) is 1.48. The molecule has 0 aliphatic carbocycles. The summed E-state index contributed by atoms with van der Waals surface area (Å²) in [4.78, 5) is 20.1. The van der Waals surface area contributed by atoms with Crippen LogP contribution in [0.4, 0.5) is 17.3 Å². The van der Waals surface area contributed by atoms with Crippen molar-refractivity contribution in [1.29, 1.82) is 0 Å². The number of ether oxygens (including phenoxy) is 1. The number of hydrogen-bond acceptors (Lipinski definition) is 8. The maximum Gasteiger partial charge on any atom is 0.318 e. The van der Waals surface area contributed by atoms with Crippen molar-refractivity contribution in [3.05, 3.63) is 42.1 Å². The molecule has 0 radical (unpaired) electrons. The van der Waals surface area contributed by atoms with Crippen molar-refractivity contribution in [1.82, 2.24) is 20.2 Å². The molecule has 29 heavy (non-hydrogen) atoms. The van der Waals surface area contributed by atoms with Gasteiger partial charge in [0.1, 0.15) is 22.9 Å². The van der Waals surface area contributed by atoms with Gasteiger partial charge in [-0.1, -0.05) is 12.1 Å². The van der Waals surface area contributed by atoms with Crippen LogP contribution >= 0.6 is 0 Å². The van der Waals surface area contributed by atoms with Gasteiger partial charge in [-0.05, 0) is 25.1 Å². The minimum absolute atomic E-state index is 0.0389. The second kappa shape index (κ2) is 8.14. The molecule has 12 heteroatoms. The number of carbonyl (C=O) groups excluding carboxylic acids is 1. The summed E-state index contributed by atoms with van der Waals surface area (Å²) in [6.07, 6.45) is 1.49. The summed E-state index contributed by atoms with van der Waals surface area (Å²) in [6, 6.07) is 8.15. The van der Waals surface area contributed by atoms with Crippen LogP contribution in [0.1, 0.15) is 17.3 Å². The monoisotopic (exact) mass is 417 g/mol. The summed E-state index contributed by atoms with van der Waals surface area (Å²) in [5.41, 5.74) is 6.96. The number of aromatic nitrogens is 4. The van der Waals surface area contributed by atoms with Crippen molar-refractivity contribution in [2.24, 2.45) is 5.73 Å². The molecule has 1 aromatic carbocycles. The van der Waals surface area contributed by atoms with Crippen LogP contribution in [0.25, 0.3) is 11.3 Å². The smallest absolute Gasteiger partial charge is 0.318 e. The van der Waals surface area contributed by atoms with Gasteiger partial charge in [0, 0.05) is 17.4 Å². The minimum atomic E-state index is -3.39. The lowest BCUT2D eigenvalue weighted by Crippen LogP contribution is -2.14. The highest BCUT2D eigenvalue weighted by Crippen LogP contribution is 2.29. The number of aromatic amines is 1. The van der Waals surface area contributed by atoms with E-state index >= 15 is 0 Å². The Labute approximate surface area is 166 Å². The van der Waals surface area contributed by atoms with Gasteiger partial charge in [-0.2, -0.15) is 10.1 Å². The lowest BCUT2D eigenvalue weighted by Gasteiger charge is -2.08. The van der Waals surface area contributed by atoms with Crippen molar-refractivity contribution in [3.8, 4) is 17.3 Å². The van der Waals surface area contributed by atoms with Crippen LogP contribution in [0, 0.1) is 0 Å². The van der Waals surface area contributed by atoms with Crippen molar-refractivity contribution >= 4 is 33.3 Å². The fourth-order valence-corrected chi connectivity index (χ4v) is 3.11. The zero-order chi connectivity index (χ0) is 21.0. The lowest BCUT2D eigenvalue weighted by atomic mass is 10.1. The van der Waals surface area contributed by atoms with E-state index < -0.39 is 15.9 Å². The van der Waals surface area contributed by atoms with Gasteiger partial charge < -0.3 is 15.8 Å². The average molecular weight is 417 g/mol. The number of nitrogens with zero attached hydrogens (tertiary/aromatic N) is 3. The Morgan fingerprint density at radius 3 is 2.59 bits per heavy atom. The predicted molar refractivity (Wildman–Crippen MR) is 107 cm³/mol. The van der Waals surface area contributed by atoms with E-state index in [-0.39, 0.29) is 23.1 Å². The van der Waals surface area contributed by atoms with E-state index in [2.05, 4.69) is 30.2 Å². The van der Waals surface area contributed by atoms with Gasteiger partial charge in [-0.15, -0.1) is 0 Å². The molecule has 0 fully saturated rings. The molecule has 0 atom stereocenters. The molecule has 3 rings (SSSR count). The molecule has 5 N–H and O–H groups in total. The number of nitrogens with two attached hydrogens (primary N) is 1. The SMILES string of the molecule is CCS(=O)(=O)Nc1ccc(-c2n[nH]c(Nc3ccnc(OC)n3)c2C(N)=O)cc1. The zero-order valence-corrected chi connectivity index (χ0v) is 16.4. The number of anilines is 3. The topological polar surface area (TPSA) is 165 Å². The molecule has 3 aromatic rings. The number of sulfonamides is 1. The Kier molecular flexibility index (Phi) is 5.64. The maximum atomic E-state index is 12.1. The molecular formula is C17H19N7O4S. The summed E-state index contributed by atoms with van der Waals surface area (Å²) in [5, 5.41) is 9.82. The number of methoxy groups -OCH3 is 1. The number of amides is 1. The quantitative estimate of drug-likeness (QED) is 0.428. The van der Waals surface area contributed by atoms with Crippen LogP contribution in [0.3, 0.4) is 0 Å². The first-order valence-corrected chi connectivity index (χ1v) is 10.1. The molecule has 1 amide bonds. The number of nitrogens with one attached hydrogen (secondary N) is 3. The standard InChI is InChI=1S/C17H19N7O4S/c1-3-29(26,27)24-11-6-4-10(5-7-11)14-13(15(18)25)16(23-22-14)20-12-8-9-19-17(21-12)28-2/h4-9,24H,3H2,1-2H3,(H2,18,25)(H2,19,20,21,22,23). The van der Waals surface area contributed by atoms with E-state index in [0.29, 0.717) is 22.8 Å². The summed E-state index contributed by atoms with van der Waals surface area (Å²) < 4.78 is 30.8. The van der Waals surface area contributed by atoms with Crippen LogP contribution < -0.4 is 20.5 Å². The maximum absolute atomic E-state index is 12.1. The molecule has 2 heterocycles. The molecule has 152 valence electrons. The first kappa shape index (κ1) is 20.1. The van der Waals surface area contributed by atoms with E-state index in [9.17, 15) is 13.2 Å². The van der Waals surface area contributed by atoms with Crippen molar-refractivity contribution < 1.29 is 17.9 Å². The Balaban J connectivity index is 1.91. The summed E-state index contributed by atoms with van der Waals surface area (Å²) in [7, 11) is -1.95. The van der Waals surface area contributed by atoms with Crippen LogP contribution in [-0.4, -0.2) is 47.4 Å². The van der Waals surface area contributed by atoms with Crippen molar-refractivity contribution in [3.63, 3.8) is 0 Å². The number of primary amides is 1. The van der Waals surface area contributed by atoms with Crippen LogP contribution in [0.2, 0.25) is 0 Å². The molecule has 0 unspecified atom stereocenters. The molecule has 2 aromatic heterocycles. The van der Waals surface area contributed by atoms with Crippen LogP contribution in [-0.2, 0) is 10.0 Å². The van der Waals surface area contributed by atoms with E-state index in [0.717, 1.165) is 0 Å². The van der Waals surface area contributed by atoms with Gasteiger partial charge in [-0.3, -0.25) is 14.6 Å². The average Bonchev–Trinajstić information content (AvgIpc) is 3.12. The lowest BCUT2D eigenvalue weighted by molar-refractivity contribution is 0.100. The minimum Gasteiger partial charge on any atom is -0.467 e. The Bertz CT molecular complexity index is 1130. The number of carbonyl (C=O) groups is 1. The number of H-pyrrole nitrogens is 1. The Morgan fingerprint density at radius 1 is 1.24 bits per heavy atom. The number of rotatable bonds is 8. The van der Waals surface area contributed by atoms with Gasteiger partial charge >= 0.3 is 6.01 Å². The normalized spacial score (nSPS) is 11.1. The van der Waals surface area contributed by atoms with E-state index in [1.807, 2.05) is 0 Å². The van der Waals surface area contributed by atoms with Crippen molar-refractivity contribution in [2.45, 2.75) is 6.92 Å². The fraction of sp³-hybridized carbons (Fsp3) is 0.176. The highest BCUT2D eigenvalue weighted by molar-refractivity contribution is 7.92. The molecule has 11 nitrogen and oxygen atoms in total. The molecule has 0 aliphatic rings. The van der Waals surface area contributed by atoms with Crippen LogP contribution in [0.5, 0.6) is 6.01 Å². The molecular weight excluding hydrogens is 398 g/mol. The summed E-state index contributed by atoms with van der Waals surface area (Å²) in [5.74, 6) is -0.112. The third-order valence-electron chi connectivity index (χ3n) is 3.89. The van der Waals surface area contributed by atoms with Gasteiger partial charge in [0.05, 0.1) is 12.9 Å². The first-order chi connectivity index (χ1) is 13.8. The highest BCUT2D eigenvalue weighted by Gasteiger charge is 2.20. The van der Waals surface area contributed by atoms with Gasteiger partial charge in [0.25, 0.3) is 5.91 Å². The van der Waals surface area contributed by atoms with E-state index in [4.69, 9.17) is 10.5 Å². The number of hydrogen-bond donors (Lipinski definition) is 4. The Hall–Kier alpha value is -3.67. The van der Waals surface area contributed by atoms with E-state index in [1.165, 1.54) is 13.3 Å². The molecule has 0 saturated heterocycles. The fourth-order valence-electron chi connectivity index (χ4n) is 2.47.